The third kappa shape index (κ3) is 2.48. The third-order valence-corrected chi connectivity index (χ3v) is 5.24. The molecule has 1 aromatic carbocycles. The summed E-state index contributed by atoms with van der Waals surface area (Å²) in [5.41, 5.74) is 0. The average Bonchev–Trinajstić information content (AvgIpc) is 2.82. The summed E-state index contributed by atoms with van der Waals surface area (Å²) in [6.07, 6.45) is 1.86. The molecule has 1 heterocycles. The van der Waals surface area contributed by atoms with Crippen LogP contribution >= 0.6 is 15.9 Å². The monoisotopic (exact) mass is 319 g/mol. The normalized spacial score (nSPS) is 17.3. The maximum atomic E-state index is 12.4. The topological polar surface area (TPSA) is 46.6 Å². The van der Waals surface area contributed by atoms with Crippen molar-refractivity contribution in [3.8, 4) is 5.75 Å². The Hall–Kier alpha value is -0.590. The van der Waals surface area contributed by atoms with Crippen LogP contribution in [0.15, 0.2) is 27.6 Å². The lowest BCUT2D eigenvalue weighted by Gasteiger charge is -2.17. The van der Waals surface area contributed by atoms with E-state index in [1.807, 2.05) is 0 Å². The lowest BCUT2D eigenvalue weighted by atomic mass is 10.3. The fraction of sp³-hybridized carbons (Fsp3) is 0.455. The van der Waals surface area contributed by atoms with Crippen molar-refractivity contribution in [1.82, 2.24) is 4.31 Å². The second-order valence-electron chi connectivity index (χ2n) is 3.91. The molecule has 0 radical (unpaired) electrons. The molecule has 1 fully saturated rings. The number of methoxy groups -OCH3 is 1. The molecule has 6 heteroatoms. The first-order valence-corrected chi connectivity index (χ1v) is 7.62. The summed E-state index contributed by atoms with van der Waals surface area (Å²) in [5.74, 6) is 0.381. The van der Waals surface area contributed by atoms with E-state index >= 15 is 0 Å². The van der Waals surface area contributed by atoms with Crippen molar-refractivity contribution in [1.29, 1.82) is 0 Å². The predicted octanol–water partition coefficient (Wildman–Crippen LogP) is 2.24. The van der Waals surface area contributed by atoms with Gasteiger partial charge in [-0.1, -0.05) is 15.9 Å². The molecule has 0 unspecified atom stereocenters. The highest BCUT2D eigenvalue weighted by Gasteiger charge is 2.29. The summed E-state index contributed by atoms with van der Waals surface area (Å²) in [7, 11) is -1.93. The highest BCUT2D eigenvalue weighted by molar-refractivity contribution is 9.10. The van der Waals surface area contributed by atoms with E-state index in [4.69, 9.17) is 4.74 Å². The molecule has 94 valence electrons. The fourth-order valence-corrected chi connectivity index (χ4v) is 3.92. The lowest BCUT2D eigenvalue weighted by Crippen LogP contribution is -2.28. The van der Waals surface area contributed by atoms with E-state index in [1.54, 1.807) is 18.2 Å². The van der Waals surface area contributed by atoms with Gasteiger partial charge in [0.25, 0.3) is 0 Å². The number of nitrogens with zero attached hydrogens (tertiary/aromatic N) is 1. The Morgan fingerprint density at radius 1 is 1.29 bits per heavy atom. The van der Waals surface area contributed by atoms with E-state index in [-0.39, 0.29) is 4.90 Å². The summed E-state index contributed by atoms with van der Waals surface area (Å²) in [4.78, 5) is 0.241. The van der Waals surface area contributed by atoms with Gasteiger partial charge in [0.2, 0.25) is 10.0 Å². The molecule has 17 heavy (non-hydrogen) atoms. The Morgan fingerprint density at radius 2 is 1.94 bits per heavy atom. The molecule has 0 atom stereocenters. The van der Waals surface area contributed by atoms with E-state index in [9.17, 15) is 8.42 Å². The Balaban J connectivity index is 2.45. The second-order valence-corrected chi connectivity index (χ2v) is 6.73. The van der Waals surface area contributed by atoms with Gasteiger partial charge >= 0.3 is 0 Å². The van der Waals surface area contributed by atoms with Crippen LogP contribution in [0.4, 0.5) is 0 Å². The Bertz CT molecular complexity index is 509. The molecule has 0 aliphatic carbocycles. The van der Waals surface area contributed by atoms with Crippen LogP contribution < -0.4 is 4.74 Å². The molecule has 0 amide bonds. The van der Waals surface area contributed by atoms with Gasteiger partial charge in [-0.3, -0.25) is 0 Å². The highest BCUT2D eigenvalue weighted by Crippen LogP contribution is 2.31. The number of hydrogen-bond acceptors (Lipinski definition) is 3. The van der Waals surface area contributed by atoms with Crippen molar-refractivity contribution in [2.75, 3.05) is 20.2 Å². The van der Waals surface area contributed by atoms with Gasteiger partial charge < -0.3 is 4.74 Å². The molecule has 0 spiro atoms. The molecule has 0 bridgehead atoms. The van der Waals surface area contributed by atoms with E-state index in [0.717, 1.165) is 17.3 Å². The van der Waals surface area contributed by atoms with Crippen LogP contribution in [0.5, 0.6) is 5.75 Å². The summed E-state index contributed by atoms with van der Waals surface area (Å²) < 4.78 is 32.2. The van der Waals surface area contributed by atoms with Crippen LogP contribution in [-0.4, -0.2) is 32.9 Å². The minimum Gasteiger partial charge on any atom is -0.495 e. The number of ether oxygens (including phenoxy) is 1. The third-order valence-electron chi connectivity index (χ3n) is 2.81. The Labute approximate surface area is 110 Å². The van der Waals surface area contributed by atoms with Crippen molar-refractivity contribution in [2.45, 2.75) is 17.7 Å². The van der Waals surface area contributed by atoms with Gasteiger partial charge in [0.1, 0.15) is 10.6 Å². The summed E-state index contributed by atoms with van der Waals surface area (Å²) in [6, 6.07) is 4.96. The van der Waals surface area contributed by atoms with Crippen molar-refractivity contribution < 1.29 is 13.2 Å². The zero-order valence-electron chi connectivity index (χ0n) is 9.52. The van der Waals surface area contributed by atoms with E-state index in [1.165, 1.54) is 11.4 Å². The molecule has 1 aromatic rings. The summed E-state index contributed by atoms with van der Waals surface area (Å²) in [5, 5.41) is 0. The van der Waals surface area contributed by atoms with Crippen molar-refractivity contribution >= 4 is 26.0 Å². The maximum Gasteiger partial charge on any atom is 0.246 e. The average molecular weight is 320 g/mol. The van der Waals surface area contributed by atoms with Gasteiger partial charge in [-0.15, -0.1) is 0 Å². The summed E-state index contributed by atoms with van der Waals surface area (Å²) in [6.45, 7) is 1.20. The van der Waals surface area contributed by atoms with Gasteiger partial charge in [0.15, 0.2) is 0 Å². The van der Waals surface area contributed by atoms with Gasteiger partial charge in [0, 0.05) is 17.6 Å². The molecule has 0 saturated carbocycles. The first-order chi connectivity index (χ1) is 8.05. The molecule has 1 saturated heterocycles. The molecule has 0 N–H and O–H groups in total. The Kier molecular flexibility index (Phi) is 3.75. The number of benzene rings is 1. The van der Waals surface area contributed by atoms with Crippen LogP contribution in [0.2, 0.25) is 0 Å². The van der Waals surface area contributed by atoms with E-state index in [0.29, 0.717) is 18.8 Å². The SMILES string of the molecule is COc1cc(Br)ccc1S(=O)(=O)N1CCCC1. The zero-order chi connectivity index (χ0) is 12.5. The number of halogens is 1. The van der Waals surface area contributed by atoms with Crippen molar-refractivity contribution in [3.63, 3.8) is 0 Å². The largest absolute Gasteiger partial charge is 0.495 e. The molecule has 1 aliphatic heterocycles. The zero-order valence-corrected chi connectivity index (χ0v) is 11.9. The van der Waals surface area contributed by atoms with Crippen molar-refractivity contribution in [3.05, 3.63) is 22.7 Å². The van der Waals surface area contributed by atoms with Crippen LogP contribution in [0.25, 0.3) is 0 Å². The molecule has 2 rings (SSSR count). The van der Waals surface area contributed by atoms with Gasteiger partial charge in [-0.25, -0.2) is 8.42 Å². The lowest BCUT2D eigenvalue weighted by molar-refractivity contribution is 0.398. The smallest absolute Gasteiger partial charge is 0.246 e. The second kappa shape index (κ2) is 4.96. The van der Waals surface area contributed by atoms with E-state index in [2.05, 4.69) is 15.9 Å². The molecular formula is C11H14BrNO3S. The van der Waals surface area contributed by atoms with Crippen LogP contribution in [0.3, 0.4) is 0 Å². The summed E-state index contributed by atoms with van der Waals surface area (Å²) >= 11 is 3.30. The number of rotatable bonds is 3. The van der Waals surface area contributed by atoms with Gasteiger partial charge in [-0.05, 0) is 31.0 Å². The molecule has 0 aromatic heterocycles. The van der Waals surface area contributed by atoms with Crippen LogP contribution in [-0.2, 0) is 10.0 Å². The molecule has 4 nitrogen and oxygen atoms in total. The first-order valence-electron chi connectivity index (χ1n) is 5.39. The number of sulfonamides is 1. The van der Waals surface area contributed by atoms with Gasteiger partial charge in [0.05, 0.1) is 7.11 Å². The predicted molar refractivity (Wildman–Crippen MR) is 68.7 cm³/mol. The highest BCUT2D eigenvalue weighted by atomic mass is 79.9. The molecule has 1 aliphatic rings. The molecular weight excluding hydrogens is 306 g/mol. The van der Waals surface area contributed by atoms with Crippen LogP contribution in [0, 0.1) is 0 Å². The van der Waals surface area contributed by atoms with E-state index < -0.39 is 10.0 Å². The fourth-order valence-electron chi connectivity index (χ4n) is 1.92. The first kappa shape index (κ1) is 12.9. The van der Waals surface area contributed by atoms with Gasteiger partial charge in [-0.2, -0.15) is 4.31 Å². The number of hydrogen-bond donors (Lipinski definition) is 0. The maximum absolute atomic E-state index is 12.4. The standard InChI is InChI=1S/C11H14BrNO3S/c1-16-10-8-9(12)4-5-11(10)17(14,15)13-6-2-3-7-13/h4-5,8H,2-3,6-7H2,1H3. The van der Waals surface area contributed by atoms with Crippen molar-refractivity contribution in [2.24, 2.45) is 0 Å². The minimum atomic E-state index is -3.41. The van der Waals surface area contributed by atoms with Crippen LogP contribution in [0.1, 0.15) is 12.8 Å². The quantitative estimate of drug-likeness (QED) is 0.858. The Morgan fingerprint density at radius 3 is 2.53 bits per heavy atom. The minimum absolute atomic E-state index is 0.241.